The number of aliphatic hydroxyl groups excluding tert-OH is 1. The molecule has 140 valence electrons. The molecule has 0 amide bonds. The van der Waals surface area contributed by atoms with E-state index in [1.54, 1.807) is 6.92 Å². The fourth-order valence-electron chi connectivity index (χ4n) is 4.83. The Hall–Kier alpha value is -1.04. The van der Waals surface area contributed by atoms with Gasteiger partial charge in [0.25, 0.3) is 0 Å². The third-order valence-electron chi connectivity index (χ3n) is 6.13. The molecule has 2 aliphatic carbocycles. The molecule has 2 N–H and O–H groups in total. The highest BCUT2D eigenvalue weighted by Gasteiger charge is 2.59. The van der Waals surface area contributed by atoms with Gasteiger partial charge in [0, 0.05) is 18.8 Å². The Morgan fingerprint density at radius 2 is 1.96 bits per heavy atom. The molecule has 2 unspecified atom stereocenters. The van der Waals surface area contributed by atoms with Crippen molar-refractivity contribution in [1.82, 2.24) is 0 Å². The molecule has 0 spiro atoms. The highest BCUT2D eigenvalue weighted by atomic mass is 19.3. The van der Waals surface area contributed by atoms with Gasteiger partial charge in [-0.05, 0) is 36.7 Å². The first kappa shape index (κ1) is 18.7. The van der Waals surface area contributed by atoms with Gasteiger partial charge in [0.15, 0.2) is 0 Å². The van der Waals surface area contributed by atoms with Crippen molar-refractivity contribution in [2.45, 2.75) is 63.3 Å². The Balaban J connectivity index is 1.71. The standard InChI is InChI=1S/C20H28F2O3/c1-2-18(23)20(24)11-15-10-19(21,22)9-8-16(15)17(20)13-25-12-14-6-4-3-5-7-14/h3-7,15-18,23-24H,2,8-13H2,1H3/t15-,16+,17+,18?,20?/m0/s1. The van der Waals surface area contributed by atoms with Crippen LogP contribution in [-0.2, 0) is 11.3 Å². The van der Waals surface area contributed by atoms with Crippen molar-refractivity contribution in [1.29, 1.82) is 0 Å². The molecular weight excluding hydrogens is 326 g/mol. The van der Waals surface area contributed by atoms with Gasteiger partial charge in [-0.3, -0.25) is 0 Å². The van der Waals surface area contributed by atoms with Crippen LogP contribution in [0, 0.1) is 17.8 Å². The van der Waals surface area contributed by atoms with Gasteiger partial charge in [-0.2, -0.15) is 0 Å². The minimum absolute atomic E-state index is 0.0124. The zero-order chi connectivity index (χ0) is 18.1. The zero-order valence-electron chi connectivity index (χ0n) is 14.7. The van der Waals surface area contributed by atoms with Crippen molar-refractivity contribution in [2.75, 3.05) is 6.61 Å². The number of alkyl halides is 2. The van der Waals surface area contributed by atoms with Crippen LogP contribution in [0.15, 0.2) is 30.3 Å². The van der Waals surface area contributed by atoms with E-state index in [4.69, 9.17) is 4.74 Å². The molecule has 0 bridgehead atoms. The summed E-state index contributed by atoms with van der Waals surface area (Å²) in [5.41, 5.74) is -0.298. The van der Waals surface area contributed by atoms with Crippen LogP contribution in [0.3, 0.4) is 0 Å². The molecule has 0 aliphatic heterocycles. The molecule has 5 heteroatoms. The van der Waals surface area contributed by atoms with E-state index in [0.717, 1.165) is 5.56 Å². The molecule has 3 nitrogen and oxygen atoms in total. The third kappa shape index (κ3) is 3.88. The minimum Gasteiger partial charge on any atom is -0.390 e. The lowest BCUT2D eigenvalue weighted by Gasteiger charge is -2.37. The summed E-state index contributed by atoms with van der Waals surface area (Å²) in [5.74, 6) is -3.21. The Morgan fingerprint density at radius 1 is 1.24 bits per heavy atom. The normalized spacial score (nSPS) is 35.3. The monoisotopic (exact) mass is 354 g/mol. The highest BCUT2D eigenvalue weighted by Crippen LogP contribution is 2.55. The topological polar surface area (TPSA) is 49.7 Å². The number of aliphatic hydroxyl groups is 2. The van der Waals surface area contributed by atoms with Crippen LogP contribution in [-0.4, -0.2) is 34.4 Å². The van der Waals surface area contributed by atoms with Gasteiger partial charge >= 0.3 is 0 Å². The number of ether oxygens (including phenoxy) is 1. The van der Waals surface area contributed by atoms with Crippen LogP contribution in [0.1, 0.15) is 44.6 Å². The average Bonchev–Trinajstić information content (AvgIpc) is 2.86. The number of fused-ring (bicyclic) bond motifs is 1. The van der Waals surface area contributed by atoms with E-state index in [1.807, 2.05) is 30.3 Å². The maximum atomic E-state index is 13.8. The maximum Gasteiger partial charge on any atom is 0.248 e. The predicted octanol–water partition coefficient (Wildman–Crippen LogP) is 3.78. The van der Waals surface area contributed by atoms with Crippen LogP contribution in [0.2, 0.25) is 0 Å². The SMILES string of the molecule is CCC(O)C1(O)C[C@@H]2CC(F)(F)CC[C@H]2[C@H]1COCc1ccccc1. The second kappa shape index (κ2) is 7.29. The molecule has 0 radical (unpaired) electrons. The first-order valence-electron chi connectivity index (χ1n) is 9.25. The Bertz CT molecular complexity index is 565. The van der Waals surface area contributed by atoms with Gasteiger partial charge in [0.2, 0.25) is 5.92 Å². The Morgan fingerprint density at radius 3 is 2.64 bits per heavy atom. The van der Waals surface area contributed by atoms with Crippen molar-refractivity contribution in [2.24, 2.45) is 17.8 Å². The number of hydrogen-bond acceptors (Lipinski definition) is 3. The highest BCUT2D eigenvalue weighted by molar-refractivity contribution is 5.13. The summed E-state index contributed by atoms with van der Waals surface area (Å²) in [7, 11) is 0. The molecule has 1 aromatic carbocycles. The number of benzene rings is 1. The minimum atomic E-state index is -2.65. The lowest BCUT2D eigenvalue weighted by atomic mass is 9.75. The molecule has 25 heavy (non-hydrogen) atoms. The number of halogens is 2. The molecule has 3 rings (SSSR count). The van der Waals surface area contributed by atoms with Gasteiger partial charge in [-0.1, -0.05) is 37.3 Å². The molecule has 0 saturated heterocycles. The van der Waals surface area contributed by atoms with E-state index in [9.17, 15) is 19.0 Å². The van der Waals surface area contributed by atoms with Crippen molar-refractivity contribution in [3.63, 3.8) is 0 Å². The summed E-state index contributed by atoms with van der Waals surface area (Å²) in [6.45, 7) is 2.51. The van der Waals surface area contributed by atoms with Crippen LogP contribution in [0.5, 0.6) is 0 Å². The molecule has 2 aliphatic rings. The second-order valence-corrected chi connectivity index (χ2v) is 7.75. The summed E-state index contributed by atoms with van der Waals surface area (Å²) in [6.07, 6.45) is -0.205. The number of hydrogen-bond donors (Lipinski definition) is 2. The first-order chi connectivity index (χ1) is 11.9. The molecule has 0 heterocycles. The molecule has 0 aromatic heterocycles. The van der Waals surface area contributed by atoms with Crippen LogP contribution >= 0.6 is 0 Å². The number of rotatable bonds is 6. The van der Waals surface area contributed by atoms with Gasteiger partial charge in [-0.25, -0.2) is 8.78 Å². The van der Waals surface area contributed by atoms with E-state index in [-0.39, 0.29) is 43.6 Å². The lowest BCUT2D eigenvalue weighted by molar-refractivity contribution is -0.126. The van der Waals surface area contributed by atoms with Crippen LogP contribution in [0.4, 0.5) is 8.78 Å². The van der Waals surface area contributed by atoms with E-state index < -0.39 is 17.6 Å². The first-order valence-corrected chi connectivity index (χ1v) is 9.25. The summed E-state index contributed by atoms with van der Waals surface area (Å²) < 4.78 is 33.4. The average molecular weight is 354 g/mol. The zero-order valence-corrected chi connectivity index (χ0v) is 14.7. The fraction of sp³-hybridized carbons (Fsp3) is 0.700. The van der Waals surface area contributed by atoms with Crippen molar-refractivity contribution in [3.05, 3.63) is 35.9 Å². The molecule has 1 aromatic rings. The van der Waals surface area contributed by atoms with Gasteiger partial charge in [0.1, 0.15) is 0 Å². The Kier molecular flexibility index (Phi) is 5.47. The third-order valence-corrected chi connectivity index (χ3v) is 6.13. The quantitative estimate of drug-likeness (QED) is 0.817. The van der Waals surface area contributed by atoms with Crippen molar-refractivity contribution in [3.8, 4) is 0 Å². The van der Waals surface area contributed by atoms with Crippen molar-refractivity contribution >= 4 is 0 Å². The van der Waals surface area contributed by atoms with Gasteiger partial charge < -0.3 is 14.9 Å². The fourth-order valence-corrected chi connectivity index (χ4v) is 4.83. The summed E-state index contributed by atoms with van der Waals surface area (Å²) in [5, 5.41) is 21.5. The summed E-state index contributed by atoms with van der Waals surface area (Å²) in [6, 6.07) is 9.73. The van der Waals surface area contributed by atoms with E-state index >= 15 is 0 Å². The predicted molar refractivity (Wildman–Crippen MR) is 91.2 cm³/mol. The van der Waals surface area contributed by atoms with E-state index in [0.29, 0.717) is 19.4 Å². The Labute approximate surface area is 148 Å². The summed E-state index contributed by atoms with van der Waals surface area (Å²) >= 11 is 0. The van der Waals surface area contributed by atoms with E-state index in [1.165, 1.54) is 0 Å². The molecule has 2 saturated carbocycles. The smallest absolute Gasteiger partial charge is 0.248 e. The maximum absolute atomic E-state index is 13.8. The van der Waals surface area contributed by atoms with Crippen molar-refractivity contribution < 1.29 is 23.7 Å². The largest absolute Gasteiger partial charge is 0.390 e. The van der Waals surface area contributed by atoms with Crippen LogP contribution < -0.4 is 0 Å². The molecular formula is C20H28F2O3. The lowest BCUT2D eigenvalue weighted by Crippen LogP contribution is -2.48. The molecule has 5 atom stereocenters. The van der Waals surface area contributed by atoms with Gasteiger partial charge in [0.05, 0.1) is 24.9 Å². The summed E-state index contributed by atoms with van der Waals surface area (Å²) in [4.78, 5) is 0. The second-order valence-electron chi connectivity index (χ2n) is 7.75. The van der Waals surface area contributed by atoms with E-state index in [2.05, 4.69) is 0 Å². The van der Waals surface area contributed by atoms with Crippen LogP contribution in [0.25, 0.3) is 0 Å². The van der Waals surface area contributed by atoms with Gasteiger partial charge in [-0.15, -0.1) is 0 Å². The molecule has 2 fully saturated rings.